The maximum atomic E-state index is 13.3. The summed E-state index contributed by atoms with van der Waals surface area (Å²) in [6.07, 6.45) is 2.33. The fourth-order valence-corrected chi connectivity index (χ4v) is 2.53. The average Bonchev–Trinajstić information content (AvgIpc) is 2.22. The van der Waals surface area contributed by atoms with Crippen LogP contribution in [-0.4, -0.2) is 35.4 Å². The summed E-state index contributed by atoms with van der Waals surface area (Å²) < 4.78 is 26.5. The molecule has 0 aromatic carbocycles. The minimum atomic E-state index is -2.45. The molecule has 1 rings (SSSR count). The fraction of sp³-hybridized carbons (Fsp3) is 0.917. The first-order valence-corrected chi connectivity index (χ1v) is 6.72. The van der Waals surface area contributed by atoms with E-state index in [9.17, 15) is 8.78 Å². The summed E-state index contributed by atoms with van der Waals surface area (Å²) in [5, 5.41) is 0. The van der Waals surface area contributed by atoms with Gasteiger partial charge >= 0.3 is 0 Å². The molecule has 0 aromatic heterocycles. The zero-order valence-electron chi connectivity index (χ0n) is 10.4. The van der Waals surface area contributed by atoms with E-state index in [4.69, 9.17) is 18.0 Å². The Kier molecular flexibility index (Phi) is 5.73. The van der Waals surface area contributed by atoms with Gasteiger partial charge in [0.2, 0.25) is 5.92 Å². The molecule has 0 aliphatic heterocycles. The van der Waals surface area contributed by atoms with E-state index in [0.717, 1.165) is 26.1 Å². The number of rotatable bonds is 6. The molecule has 2 N–H and O–H groups in total. The lowest BCUT2D eigenvalue weighted by Crippen LogP contribution is -2.36. The van der Waals surface area contributed by atoms with Crippen molar-refractivity contribution in [2.45, 2.75) is 45.0 Å². The van der Waals surface area contributed by atoms with E-state index in [1.807, 2.05) is 6.92 Å². The van der Waals surface area contributed by atoms with Gasteiger partial charge in [-0.1, -0.05) is 19.1 Å². The lowest BCUT2D eigenvalue weighted by molar-refractivity contribution is -0.0566. The first kappa shape index (κ1) is 14.8. The Hall–Kier alpha value is -0.290. The molecular formula is C12H22F2N2S. The Balaban J connectivity index is 2.36. The lowest BCUT2D eigenvalue weighted by atomic mass is 9.86. The Bertz CT molecular complexity index is 259. The maximum Gasteiger partial charge on any atom is 0.248 e. The molecule has 1 saturated carbocycles. The van der Waals surface area contributed by atoms with Crippen molar-refractivity contribution < 1.29 is 8.78 Å². The number of nitrogens with zero attached hydrogens (tertiary/aromatic N) is 1. The zero-order chi connectivity index (χ0) is 12.9. The topological polar surface area (TPSA) is 29.3 Å². The Morgan fingerprint density at radius 3 is 2.76 bits per heavy atom. The largest absolute Gasteiger partial charge is 0.393 e. The van der Waals surface area contributed by atoms with Crippen LogP contribution in [0, 0.1) is 5.92 Å². The minimum Gasteiger partial charge on any atom is -0.393 e. The molecule has 0 saturated heterocycles. The summed E-state index contributed by atoms with van der Waals surface area (Å²) >= 11 is 4.83. The molecule has 2 nitrogen and oxygen atoms in total. The number of hydrogen-bond donors (Lipinski definition) is 1. The number of hydrogen-bond acceptors (Lipinski definition) is 2. The molecule has 0 spiro atoms. The van der Waals surface area contributed by atoms with E-state index in [-0.39, 0.29) is 18.8 Å². The molecule has 0 heterocycles. The highest BCUT2D eigenvalue weighted by Crippen LogP contribution is 2.36. The second kappa shape index (κ2) is 6.59. The Morgan fingerprint density at radius 1 is 1.53 bits per heavy atom. The molecule has 1 unspecified atom stereocenters. The molecule has 1 aliphatic carbocycles. The quantitative estimate of drug-likeness (QED) is 0.748. The predicted molar refractivity (Wildman–Crippen MR) is 70.4 cm³/mol. The second-order valence-electron chi connectivity index (χ2n) is 4.93. The van der Waals surface area contributed by atoms with Gasteiger partial charge in [0, 0.05) is 32.4 Å². The van der Waals surface area contributed by atoms with Gasteiger partial charge in [-0.2, -0.15) is 0 Å². The van der Waals surface area contributed by atoms with Crippen LogP contribution >= 0.6 is 12.2 Å². The first-order valence-electron chi connectivity index (χ1n) is 6.31. The summed E-state index contributed by atoms with van der Waals surface area (Å²) in [5.74, 6) is -2.34. The van der Waals surface area contributed by atoms with Gasteiger partial charge in [-0.25, -0.2) is 8.78 Å². The highest BCUT2D eigenvalue weighted by molar-refractivity contribution is 7.80. The average molecular weight is 264 g/mol. The van der Waals surface area contributed by atoms with Crippen molar-refractivity contribution in [1.82, 2.24) is 4.90 Å². The number of halogens is 2. The third-order valence-corrected chi connectivity index (χ3v) is 3.58. The molecule has 0 aromatic rings. The molecule has 0 amide bonds. The highest BCUT2D eigenvalue weighted by Gasteiger charge is 2.36. The molecule has 1 atom stereocenters. The third-order valence-electron chi connectivity index (χ3n) is 3.38. The molecule has 5 heteroatoms. The molecule has 0 bridgehead atoms. The summed E-state index contributed by atoms with van der Waals surface area (Å²) in [7, 11) is 0. The van der Waals surface area contributed by atoms with Crippen molar-refractivity contribution >= 4 is 17.2 Å². The van der Waals surface area contributed by atoms with Crippen LogP contribution in [0.3, 0.4) is 0 Å². The smallest absolute Gasteiger partial charge is 0.248 e. The fourth-order valence-electron chi connectivity index (χ4n) is 2.44. The lowest BCUT2D eigenvalue weighted by Gasteiger charge is -2.32. The van der Waals surface area contributed by atoms with E-state index in [0.29, 0.717) is 17.8 Å². The van der Waals surface area contributed by atoms with Gasteiger partial charge in [-0.3, -0.25) is 0 Å². The van der Waals surface area contributed by atoms with Crippen LogP contribution in [0.5, 0.6) is 0 Å². The normalized spacial score (nSPS) is 23.9. The van der Waals surface area contributed by atoms with Gasteiger partial charge in [0.15, 0.2) is 0 Å². The first-order chi connectivity index (χ1) is 7.93. The van der Waals surface area contributed by atoms with Crippen LogP contribution in [0.2, 0.25) is 0 Å². The third kappa shape index (κ3) is 5.73. The zero-order valence-corrected chi connectivity index (χ0v) is 11.2. The van der Waals surface area contributed by atoms with Crippen LogP contribution in [0.25, 0.3) is 0 Å². The van der Waals surface area contributed by atoms with E-state index >= 15 is 0 Å². The summed E-state index contributed by atoms with van der Waals surface area (Å²) in [6, 6.07) is 0. The SMILES string of the molecule is CCN(CCC(N)=S)CC1CCCC(F)(F)C1. The van der Waals surface area contributed by atoms with E-state index in [1.54, 1.807) is 0 Å². The molecule has 0 radical (unpaired) electrons. The summed E-state index contributed by atoms with van der Waals surface area (Å²) in [6.45, 7) is 4.44. The number of thiocarbonyl (C=S) groups is 1. The monoisotopic (exact) mass is 264 g/mol. The van der Waals surface area contributed by atoms with Crippen LogP contribution in [0.15, 0.2) is 0 Å². The Labute approximate surface area is 108 Å². The van der Waals surface area contributed by atoms with Gasteiger partial charge < -0.3 is 10.6 Å². The number of alkyl halides is 2. The maximum absolute atomic E-state index is 13.3. The van der Waals surface area contributed by atoms with Gasteiger partial charge in [-0.05, 0) is 25.3 Å². The van der Waals surface area contributed by atoms with Crippen molar-refractivity contribution in [1.29, 1.82) is 0 Å². The van der Waals surface area contributed by atoms with Crippen LogP contribution in [-0.2, 0) is 0 Å². The van der Waals surface area contributed by atoms with Crippen LogP contribution in [0.1, 0.15) is 39.0 Å². The molecule has 100 valence electrons. The van der Waals surface area contributed by atoms with Crippen LogP contribution < -0.4 is 5.73 Å². The molecule has 17 heavy (non-hydrogen) atoms. The van der Waals surface area contributed by atoms with Gasteiger partial charge in [-0.15, -0.1) is 0 Å². The van der Waals surface area contributed by atoms with Crippen molar-refractivity contribution in [2.75, 3.05) is 19.6 Å². The minimum absolute atomic E-state index is 0.0383. The van der Waals surface area contributed by atoms with Gasteiger partial charge in [0.05, 0.1) is 4.99 Å². The van der Waals surface area contributed by atoms with Crippen molar-refractivity contribution in [3.05, 3.63) is 0 Å². The standard InChI is InChI=1S/C12H22F2N2S/c1-2-16(7-5-11(15)17)9-10-4-3-6-12(13,14)8-10/h10H,2-9H2,1H3,(H2,15,17). The molecule has 1 fully saturated rings. The van der Waals surface area contributed by atoms with Crippen LogP contribution in [0.4, 0.5) is 8.78 Å². The van der Waals surface area contributed by atoms with E-state index in [2.05, 4.69) is 4.90 Å². The summed E-state index contributed by atoms with van der Waals surface area (Å²) in [4.78, 5) is 2.67. The van der Waals surface area contributed by atoms with Crippen molar-refractivity contribution in [3.8, 4) is 0 Å². The Morgan fingerprint density at radius 2 is 2.24 bits per heavy atom. The van der Waals surface area contributed by atoms with Gasteiger partial charge in [0.1, 0.15) is 0 Å². The van der Waals surface area contributed by atoms with Gasteiger partial charge in [0.25, 0.3) is 0 Å². The van der Waals surface area contributed by atoms with Crippen molar-refractivity contribution in [3.63, 3.8) is 0 Å². The summed E-state index contributed by atoms with van der Waals surface area (Å²) in [5.41, 5.74) is 5.46. The molecular weight excluding hydrogens is 242 g/mol. The van der Waals surface area contributed by atoms with Crippen molar-refractivity contribution in [2.24, 2.45) is 11.7 Å². The predicted octanol–water partition coefficient (Wildman–Crippen LogP) is 2.81. The van der Waals surface area contributed by atoms with E-state index in [1.165, 1.54) is 0 Å². The highest BCUT2D eigenvalue weighted by atomic mass is 32.1. The second-order valence-corrected chi connectivity index (χ2v) is 5.45. The molecule has 1 aliphatic rings. The number of nitrogens with two attached hydrogens (primary N) is 1. The van der Waals surface area contributed by atoms with E-state index < -0.39 is 5.92 Å².